The van der Waals surface area contributed by atoms with Gasteiger partial charge in [0.25, 0.3) is 5.69 Å². The number of carbonyl (C=O) groups is 2. The molecule has 112 valence electrons. The number of aliphatic carboxylic acids is 1. The van der Waals surface area contributed by atoms with Gasteiger partial charge in [-0.15, -0.1) is 0 Å². The van der Waals surface area contributed by atoms with Gasteiger partial charge in [0.05, 0.1) is 10.8 Å². The van der Waals surface area contributed by atoms with Gasteiger partial charge in [-0.2, -0.15) is 0 Å². The summed E-state index contributed by atoms with van der Waals surface area (Å²) in [5.74, 6) is -2.00. The van der Waals surface area contributed by atoms with Crippen molar-refractivity contribution in [2.24, 2.45) is 5.92 Å². The molecule has 21 heavy (non-hydrogen) atoms. The van der Waals surface area contributed by atoms with Crippen molar-refractivity contribution in [3.63, 3.8) is 0 Å². The lowest BCUT2D eigenvalue weighted by Gasteiger charge is -2.17. The Kier molecular flexibility index (Phi) is 5.59. The molecule has 0 saturated carbocycles. The minimum Gasteiger partial charge on any atom is -0.481 e. The molecule has 0 aliphatic heterocycles. The van der Waals surface area contributed by atoms with Gasteiger partial charge in [-0.3, -0.25) is 19.7 Å². The van der Waals surface area contributed by atoms with E-state index in [0.29, 0.717) is 5.56 Å². The lowest BCUT2D eigenvalue weighted by Crippen LogP contribution is -2.32. The van der Waals surface area contributed by atoms with E-state index in [4.69, 9.17) is 5.11 Å². The first kappa shape index (κ1) is 16.4. The average molecular weight is 292 g/mol. The normalized spacial score (nSPS) is 12.1. The minimum atomic E-state index is -0.975. The van der Waals surface area contributed by atoms with Gasteiger partial charge >= 0.3 is 5.97 Å². The summed E-state index contributed by atoms with van der Waals surface area (Å²) in [6.07, 6.45) is 2.71. The van der Waals surface area contributed by atoms with Gasteiger partial charge in [0.1, 0.15) is 0 Å². The summed E-state index contributed by atoms with van der Waals surface area (Å²) in [5.41, 5.74) is 0.467. The molecule has 1 unspecified atom stereocenters. The molecule has 1 rings (SSSR count). The molecule has 1 N–H and O–H groups in total. The highest BCUT2D eigenvalue weighted by atomic mass is 16.6. The van der Waals surface area contributed by atoms with E-state index >= 15 is 0 Å². The first-order chi connectivity index (χ1) is 9.81. The zero-order valence-electron chi connectivity index (χ0n) is 11.7. The molecule has 0 aliphatic rings. The Balaban J connectivity index is 2.71. The Labute approximate surface area is 121 Å². The number of benzene rings is 1. The topological polar surface area (TPSA) is 101 Å². The first-order valence-corrected chi connectivity index (χ1v) is 6.21. The number of carbonyl (C=O) groups excluding carboxylic acids is 1. The molecular formula is C14H16N2O5. The SMILES string of the molecule is CC(CN(C)C(=O)C=Cc1cccc([N+](=O)[O-])c1)C(=O)O. The molecule has 0 saturated heterocycles. The Morgan fingerprint density at radius 2 is 2.14 bits per heavy atom. The lowest BCUT2D eigenvalue weighted by atomic mass is 10.1. The van der Waals surface area contributed by atoms with Crippen LogP contribution >= 0.6 is 0 Å². The fraction of sp³-hybridized carbons (Fsp3) is 0.286. The van der Waals surface area contributed by atoms with Crippen molar-refractivity contribution in [2.75, 3.05) is 13.6 Å². The molecule has 0 radical (unpaired) electrons. The third-order valence-corrected chi connectivity index (χ3v) is 2.84. The Morgan fingerprint density at radius 3 is 2.71 bits per heavy atom. The third-order valence-electron chi connectivity index (χ3n) is 2.84. The van der Waals surface area contributed by atoms with Crippen molar-refractivity contribution in [2.45, 2.75) is 6.92 Å². The molecule has 7 nitrogen and oxygen atoms in total. The number of hydrogen-bond acceptors (Lipinski definition) is 4. The molecule has 0 bridgehead atoms. The number of hydrogen-bond donors (Lipinski definition) is 1. The molecular weight excluding hydrogens is 276 g/mol. The van der Waals surface area contributed by atoms with Crippen LogP contribution in [0.3, 0.4) is 0 Å². The van der Waals surface area contributed by atoms with E-state index in [1.807, 2.05) is 0 Å². The average Bonchev–Trinajstić information content (AvgIpc) is 2.44. The lowest BCUT2D eigenvalue weighted by molar-refractivity contribution is -0.384. The molecule has 1 amide bonds. The number of nitro benzene ring substituents is 1. The van der Waals surface area contributed by atoms with E-state index in [0.717, 1.165) is 0 Å². The van der Waals surface area contributed by atoms with Crippen LogP contribution in [0.25, 0.3) is 6.08 Å². The predicted octanol–water partition coefficient (Wildman–Crippen LogP) is 1.79. The Hall–Kier alpha value is -2.70. The van der Waals surface area contributed by atoms with Crippen LogP contribution in [-0.4, -0.2) is 40.4 Å². The summed E-state index contributed by atoms with van der Waals surface area (Å²) in [6, 6.07) is 5.87. The van der Waals surface area contributed by atoms with Gasteiger partial charge in [-0.05, 0) is 11.6 Å². The quantitative estimate of drug-likeness (QED) is 0.489. The van der Waals surface area contributed by atoms with Crippen LogP contribution in [0.2, 0.25) is 0 Å². The second-order valence-corrected chi connectivity index (χ2v) is 4.64. The number of nitrogens with zero attached hydrogens (tertiary/aromatic N) is 2. The van der Waals surface area contributed by atoms with Crippen LogP contribution < -0.4 is 0 Å². The van der Waals surface area contributed by atoms with Crippen LogP contribution in [0.15, 0.2) is 30.3 Å². The molecule has 1 aromatic rings. The highest BCUT2D eigenvalue weighted by Crippen LogP contribution is 2.14. The fourth-order valence-electron chi connectivity index (χ4n) is 1.62. The molecule has 0 heterocycles. The van der Waals surface area contributed by atoms with Gasteiger partial charge in [0.15, 0.2) is 0 Å². The summed E-state index contributed by atoms with van der Waals surface area (Å²) in [7, 11) is 1.50. The summed E-state index contributed by atoms with van der Waals surface area (Å²) in [6.45, 7) is 1.60. The maximum atomic E-state index is 11.8. The van der Waals surface area contributed by atoms with E-state index in [2.05, 4.69) is 0 Å². The Morgan fingerprint density at radius 1 is 1.48 bits per heavy atom. The number of carboxylic acids is 1. The van der Waals surface area contributed by atoms with E-state index in [-0.39, 0.29) is 18.1 Å². The number of carboxylic acid groups (broad SMARTS) is 1. The molecule has 0 fully saturated rings. The van der Waals surface area contributed by atoms with E-state index in [1.54, 1.807) is 6.07 Å². The van der Waals surface area contributed by atoms with Crippen molar-refractivity contribution >= 4 is 23.6 Å². The summed E-state index contributed by atoms with van der Waals surface area (Å²) in [4.78, 5) is 33.9. The zero-order valence-corrected chi connectivity index (χ0v) is 11.7. The van der Waals surface area contributed by atoms with Crippen molar-refractivity contribution < 1.29 is 19.6 Å². The van der Waals surface area contributed by atoms with Gasteiger partial charge in [-0.1, -0.05) is 19.1 Å². The van der Waals surface area contributed by atoms with Gasteiger partial charge in [-0.25, -0.2) is 0 Å². The Bertz CT molecular complexity index is 582. The second-order valence-electron chi connectivity index (χ2n) is 4.64. The number of likely N-dealkylation sites (N-methyl/N-ethyl adjacent to an activating group) is 1. The van der Waals surface area contributed by atoms with Crippen LogP contribution in [-0.2, 0) is 9.59 Å². The smallest absolute Gasteiger partial charge is 0.308 e. The number of rotatable bonds is 6. The summed E-state index contributed by atoms with van der Waals surface area (Å²) < 4.78 is 0. The standard InChI is InChI=1S/C14H16N2O5/c1-10(14(18)19)9-15(2)13(17)7-6-11-4-3-5-12(8-11)16(20)21/h3-8,10H,9H2,1-2H3,(H,18,19). The summed E-state index contributed by atoms with van der Waals surface area (Å²) in [5, 5.41) is 19.4. The van der Waals surface area contributed by atoms with Crippen LogP contribution in [0.5, 0.6) is 0 Å². The largest absolute Gasteiger partial charge is 0.481 e. The van der Waals surface area contributed by atoms with Crippen molar-refractivity contribution in [1.82, 2.24) is 4.90 Å². The van der Waals surface area contributed by atoms with Crippen molar-refractivity contribution in [1.29, 1.82) is 0 Å². The molecule has 1 aromatic carbocycles. The van der Waals surface area contributed by atoms with E-state index in [1.165, 1.54) is 49.2 Å². The number of amides is 1. The predicted molar refractivity (Wildman–Crippen MR) is 76.6 cm³/mol. The molecule has 7 heteroatoms. The van der Waals surface area contributed by atoms with Gasteiger partial charge in [0, 0.05) is 31.8 Å². The van der Waals surface area contributed by atoms with Crippen LogP contribution in [0.4, 0.5) is 5.69 Å². The van der Waals surface area contributed by atoms with Crippen LogP contribution in [0.1, 0.15) is 12.5 Å². The highest BCUT2D eigenvalue weighted by Gasteiger charge is 2.15. The third kappa shape index (κ3) is 5.06. The second kappa shape index (κ2) is 7.18. The highest BCUT2D eigenvalue weighted by molar-refractivity contribution is 5.91. The fourth-order valence-corrected chi connectivity index (χ4v) is 1.62. The summed E-state index contributed by atoms with van der Waals surface area (Å²) >= 11 is 0. The first-order valence-electron chi connectivity index (χ1n) is 6.21. The molecule has 0 aliphatic carbocycles. The van der Waals surface area contributed by atoms with Gasteiger partial charge in [0.2, 0.25) is 5.91 Å². The van der Waals surface area contributed by atoms with E-state index < -0.39 is 16.8 Å². The van der Waals surface area contributed by atoms with Gasteiger partial charge < -0.3 is 10.0 Å². The maximum absolute atomic E-state index is 11.8. The molecule has 1 atom stereocenters. The van der Waals surface area contributed by atoms with Crippen LogP contribution in [0, 0.1) is 16.0 Å². The van der Waals surface area contributed by atoms with Crippen molar-refractivity contribution in [3.8, 4) is 0 Å². The molecule has 0 aromatic heterocycles. The van der Waals surface area contributed by atoms with E-state index in [9.17, 15) is 19.7 Å². The zero-order chi connectivity index (χ0) is 16.0. The maximum Gasteiger partial charge on any atom is 0.308 e. The number of nitro groups is 1. The number of non-ortho nitro benzene ring substituents is 1. The monoisotopic (exact) mass is 292 g/mol. The minimum absolute atomic E-state index is 0.0579. The molecule has 0 spiro atoms. The van der Waals surface area contributed by atoms with Crippen molar-refractivity contribution in [3.05, 3.63) is 46.0 Å².